The standard InChI is InChI=1S/C18H20BrN9O2/c1-11(12-4-6-13(19)7-5-12)21-23-18(29)15-14(10-27-8-2-3-9-27)22-26-28(15)17-16(20)24-30-25-17/h4-7H,2-3,8-10H2,1H3,(H2,20,24)(H,23,29)/b21-11+. The predicted octanol–water partition coefficient (Wildman–Crippen LogP) is 1.74. The summed E-state index contributed by atoms with van der Waals surface area (Å²) in [6.45, 7) is 4.19. The number of nitrogen functional groups attached to an aromatic ring is 1. The number of benzene rings is 1. The Labute approximate surface area is 180 Å². The molecule has 2 aromatic heterocycles. The van der Waals surface area contributed by atoms with Crippen molar-refractivity contribution in [2.75, 3.05) is 18.8 Å². The van der Waals surface area contributed by atoms with Crippen LogP contribution >= 0.6 is 15.9 Å². The van der Waals surface area contributed by atoms with E-state index in [9.17, 15) is 4.79 Å². The molecule has 0 spiro atoms. The molecule has 0 aliphatic carbocycles. The fraction of sp³-hybridized carbons (Fsp3) is 0.333. The normalized spacial score (nSPS) is 14.9. The van der Waals surface area contributed by atoms with E-state index in [2.05, 4.69) is 56.6 Å². The number of amides is 1. The maximum absolute atomic E-state index is 13.1. The minimum absolute atomic E-state index is 0.0104. The zero-order valence-corrected chi connectivity index (χ0v) is 17.8. The number of nitrogens with zero attached hydrogens (tertiary/aromatic N) is 7. The molecule has 1 aliphatic heterocycles. The number of carbonyl (C=O) groups is 1. The van der Waals surface area contributed by atoms with Gasteiger partial charge >= 0.3 is 0 Å². The van der Waals surface area contributed by atoms with Gasteiger partial charge in [-0.25, -0.2) is 10.1 Å². The molecule has 1 saturated heterocycles. The van der Waals surface area contributed by atoms with Gasteiger partial charge < -0.3 is 5.73 Å². The van der Waals surface area contributed by atoms with E-state index >= 15 is 0 Å². The highest BCUT2D eigenvalue weighted by Gasteiger charge is 2.27. The van der Waals surface area contributed by atoms with Crippen LogP contribution in [0.4, 0.5) is 5.82 Å². The van der Waals surface area contributed by atoms with Gasteiger partial charge in [-0.2, -0.15) is 9.78 Å². The fourth-order valence-corrected chi connectivity index (χ4v) is 3.49. The predicted molar refractivity (Wildman–Crippen MR) is 112 cm³/mol. The van der Waals surface area contributed by atoms with Crippen molar-refractivity contribution in [3.05, 3.63) is 45.7 Å². The summed E-state index contributed by atoms with van der Waals surface area (Å²) in [6.07, 6.45) is 2.24. The van der Waals surface area contributed by atoms with Gasteiger partial charge in [0, 0.05) is 11.0 Å². The fourth-order valence-electron chi connectivity index (χ4n) is 3.23. The van der Waals surface area contributed by atoms with Crippen molar-refractivity contribution in [3.63, 3.8) is 0 Å². The Kier molecular flexibility index (Phi) is 5.86. The number of carbonyl (C=O) groups excluding carboxylic acids is 1. The number of aromatic nitrogens is 5. The zero-order valence-electron chi connectivity index (χ0n) is 16.2. The van der Waals surface area contributed by atoms with Crippen molar-refractivity contribution in [2.24, 2.45) is 5.10 Å². The molecule has 1 amide bonds. The van der Waals surface area contributed by atoms with Crippen molar-refractivity contribution in [1.82, 2.24) is 35.6 Å². The Morgan fingerprint density at radius 3 is 2.67 bits per heavy atom. The van der Waals surface area contributed by atoms with Crippen LogP contribution in [0.15, 0.2) is 38.5 Å². The molecule has 0 radical (unpaired) electrons. The third-order valence-electron chi connectivity index (χ3n) is 4.81. The topological polar surface area (TPSA) is 140 Å². The maximum atomic E-state index is 13.1. The summed E-state index contributed by atoms with van der Waals surface area (Å²) < 4.78 is 6.85. The molecule has 1 fully saturated rings. The largest absolute Gasteiger partial charge is 0.378 e. The minimum atomic E-state index is -0.479. The second kappa shape index (κ2) is 8.71. The Bertz CT molecular complexity index is 1070. The van der Waals surface area contributed by atoms with Crippen LogP contribution in [0.5, 0.6) is 0 Å². The average molecular weight is 474 g/mol. The number of halogens is 1. The van der Waals surface area contributed by atoms with Crippen molar-refractivity contribution in [3.8, 4) is 5.82 Å². The highest BCUT2D eigenvalue weighted by Crippen LogP contribution is 2.19. The first-order valence-electron chi connectivity index (χ1n) is 9.39. The van der Waals surface area contributed by atoms with Crippen LogP contribution in [0.25, 0.3) is 5.82 Å². The van der Waals surface area contributed by atoms with E-state index in [0.717, 1.165) is 36.0 Å². The number of hydrogen-bond donors (Lipinski definition) is 2. The lowest BCUT2D eigenvalue weighted by atomic mass is 10.1. The summed E-state index contributed by atoms with van der Waals surface area (Å²) in [5, 5.41) is 19.8. The summed E-state index contributed by atoms with van der Waals surface area (Å²) in [7, 11) is 0. The number of likely N-dealkylation sites (tertiary alicyclic amines) is 1. The molecule has 4 rings (SSSR count). The van der Waals surface area contributed by atoms with Crippen molar-refractivity contribution in [1.29, 1.82) is 0 Å². The highest BCUT2D eigenvalue weighted by atomic mass is 79.9. The number of nitrogens with two attached hydrogens (primary N) is 1. The molecule has 0 saturated carbocycles. The first-order chi connectivity index (χ1) is 14.5. The summed E-state index contributed by atoms with van der Waals surface area (Å²) in [5.74, 6) is -0.363. The minimum Gasteiger partial charge on any atom is -0.378 e. The molecule has 11 nitrogen and oxygen atoms in total. The van der Waals surface area contributed by atoms with Crippen LogP contribution in [0.3, 0.4) is 0 Å². The van der Waals surface area contributed by atoms with Crippen LogP contribution < -0.4 is 11.2 Å². The molecule has 12 heteroatoms. The van der Waals surface area contributed by atoms with Crippen LogP contribution in [-0.2, 0) is 6.54 Å². The Hall–Kier alpha value is -3.12. The third-order valence-corrected chi connectivity index (χ3v) is 5.34. The molecule has 156 valence electrons. The van der Waals surface area contributed by atoms with E-state index in [1.54, 1.807) is 0 Å². The number of hydrogen-bond acceptors (Lipinski definition) is 9. The van der Waals surface area contributed by atoms with E-state index < -0.39 is 5.91 Å². The Balaban J connectivity index is 1.62. The van der Waals surface area contributed by atoms with E-state index in [-0.39, 0.29) is 17.3 Å². The zero-order chi connectivity index (χ0) is 21.1. The van der Waals surface area contributed by atoms with E-state index in [1.165, 1.54) is 4.68 Å². The highest BCUT2D eigenvalue weighted by molar-refractivity contribution is 9.10. The Morgan fingerprint density at radius 1 is 1.27 bits per heavy atom. The molecule has 0 unspecified atom stereocenters. The molecule has 1 aliphatic rings. The van der Waals surface area contributed by atoms with Gasteiger partial charge in [0.15, 0.2) is 5.69 Å². The van der Waals surface area contributed by atoms with Crippen LogP contribution in [0.2, 0.25) is 0 Å². The van der Waals surface area contributed by atoms with Gasteiger partial charge in [-0.05, 0) is 60.9 Å². The molecular weight excluding hydrogens is 454 g/mol. The molecule has 3 aromatic rings. The van der Waals surface area contributed by atoms with Gasteiger partial charge in [0.05, 0.1) is 5.71 Å². The van der Waals surface area contributed by atoms with E-state index in [1.807, 2.05) is 31.2 Å². The number of hydrazone groups is 1. The van der Waals surface area contributed by atoms with Crippen LogP contribution in [0, 0.1) is 0 Å². The second-order valence-corrected chi connectivity index (χ2v) is 7.81. The molecular formula is C18H20BrN9O2. The van der Waals surface area contributed by atoms with Gasteiger partial charge in [0.1, 0.15) is 5.69 Å². The molecule has 3 heterocycles. The second-order valence-electron chi connectivity index (χ2n) is 6.90. The van der Waals surface area contributed by atoms with E-state index in [0.29, 0.717) is 18.0 Å². The van der Waals surface area contributed by atoms with Crippen molar-refractivity contribution in [2.45, 2.75) is 26.3 Å². The molecule has 0 atom stereocenters. The Morgan fingerprint density at radius 2 is 2.00 bits per heavy atom. The monoisotopic (exact) mass is 473 g/mol. The average Bonchev–Trinajstić information content (AvgIpc) is 3.48. The van der Waals surface area contributed by atoms with Gasteiger partial charge in [-0.1, -0.05) is 33.3 Å². The van der Waals surface area contributed by atoms with Crippen LogP contribution in [0.1, 0.15) is 41.5 Å². The number of anilines is 1. The van der Waals surface area contributed by atoms with Gasteiger partial charge in [0.2, 0.25) is 11.6 Å². The van der Waals surface area contributed by atoms with Gasteiger partial charge in [-0.15, -0.1) is 5.10 Å². The first kappa shape index (κ1) is 20.2. The molecule has 0 bridgehead atoms. The van der Waals surface area contributed by atoms with Crippen molar-refractivity contribution >= 4 is 33.4 Å². The number of rotatable bonds is 6. The quantitative estimate of drug-likeness (QED) is 0.407. The summed E-state index contributed by atoms with van der Waals surface area (Å²) in [6, 6.07) is 7.62. The summed E-state index contributed by atoms with van der Waals surface area (Å²) in [4.78, 5) is 15.3. The van der Waals surface area contributed by atoms with Gasteiger partial charge in [-0.3, -0.25) is 9.69 Å². The van der Waals surface area contributed by atoms with Crippen molar-refractivity contribution < 1.29 is 9.42 Å². The smallest absolute Gasteiger partial charge is 0.292 e. The third kappa shape index (κ3) is 4.24. The van der Waals surface area contributed by atoms with Gasteiger partial charge in [0.25, 0.3) is 5.91 Å². The van der Waals surface area contributed by atoms with Crippen LogP contribution in [-0.4, -0.2) is 54.9 Å². The SMILES string of the molecule is C/C(=N\NC(=O)c1c(CN2CCCC2)nnn1-c1nonc1N)c1ccc(Br)cc1. The summed E-state index contributed by atoms with van der Waals surface area (Å²) in [5.41, 5.74) is 10.6. The summed E-state index contributed by atoms with van der Waals surface area (Å²) >= 11 is 3.40. The lowest BCUT2D eigenvalue weighted by Gasteiger charge is -2.13. The molecule has 3 N–H and O–H groups in total. The molecule has 30 heavy (non-hydrogen) atoms. The lowest BCUT2D eigenvalue weighted by molar-refractivity contribution is 0.0945. The molecule has 1 aromatic carbocycles. The lowest BCUT2D eigenvalue weighted by Crippen LogP contribution is -2.26. The number of nitrogens with one attached hydrogen (secondary N) is 1. The first-order valence-corrected chi connectivity index (χ1v) is 10.2. The van der Waals surface area contributed by atoms with E-state index in [4.69, 9.17) is 5.73 Å². The maximum Gasteiger partial charge on any atom is 0.292 e.